The van der Waals surface area contributed by atoms with Crippen LogP contribution in [0.2, 0.25) is 0 Å². The molecule has 0 atom stereocenters. The highest BCUT2D eigenvalue weighted by Gasteiger charge is 2.33. The van der Waals surface area contributed by atoms with E-state index in [2.05, 4.69) is 31.8 Å². The average molecular weight is 442 g/mol. The molecule has 0 heterocycles. The number of anilines is 1. The smallest absolute Gasteiger partial charge is 0.325 e. The van der Waals surface area contributed by atoms with Crippen molar-refractivity contribution in [3.63, 3.8) is 0 Å². The number of para-hydroxylation sites is 1. The number of alkyl halides is 3. The molecule has 0 saturated heterocycles. The average Bonchev–Trinajstić information content (AvgIpc) is 2.59. The van der Waals surface area contributed by atoms with Crippen molar-refractivity contribution in [1.82, 2.24) is 5.43 Å². The molecule has 0 fully saturated rings. The van der Waals surface area contributed by atoms with Crippen molar-refractivity contribution in [1.29, 1.82) is 0 Å². The SMILES string of the molecule is C/C(CC(=O)Nc1ccccc1C(F)(F)F)=N/NC(=O)c1ccc(Br)cc1. The zero-order valence-corrected chi connectivity index (χ0v) is 15.7. The lowest BCUT2D eigenvalue weighted by molar-refractivity contribution is -0.137. The van der Waals surface area contributed by atoms with Crippen molar-refractivity contribution in [3.8, 4) is 0 Å². The van der Waals surface area contributed by atoms with E-state index in [0.717, 1.165) is 10.5 Å². The number of nitrogens with zero attached hydrogens (tertiary/aromatic N) is 1. The van der Waals surface area contributed by atoms with Gasteiger partial charge in [-0.05, 0) is 43.3 Å². The summed E-state index contributed by atoms with van der Waals surface area (Å²) in [6.45, 7) is 1.48. The Kier molecular flexibility index (Phi) is 6.73. The minimum absolute atomic E-state index is 0.238. The van der Waals surface area contributed by atoms with Crippen molar-refractivity contribution in [2.45, 2.75) is 19.5 Å². The molecule has 0 saturated carbocycles. The van der Waals surface area contributed by atoms with Crippen LogP contribution in [0.3, 0.4) is 0 Å². The molecule has 0 unspecified atom stereocenters. The van der Waals surface area contributed by atoms with Gasteiger partial charge in [-0.25, -0.2) is 5.43 Å². The van der Waals surface area contributed by atoms with Crippen LogP contribution in [0.4, 0.5) is 18.9 Å². The Labute approximate surface area is 161 Å². The number of hydrazone groups is 1. The Balaban J connectivity index is 1.96. The molecule has 0 radical (unpaired) electrons. The molecule has 0 aromatic heterocycles. The van der Waals surface area contributed by atoms with Crippen LogP contribution in [0.1, 0.15) is 29.3 Å². The van der Waals surface area contributed by atoms with Gasteiger partial charge in [0.05, 0.1) is 17.7 Å². The molecule has 2 rings (SSSR count). The van der Waals surface area contributed by atoms with E-state index >= 15 is 0 Å². The fraction of sp³-hybridized carbons (Fsp3) is 0.167. The largest absolute Gasteiger partial charge is 0.418 e. The van der Waals surface area contributed by atoms with Crippen molar-refractivity contribution in [3.05, 3.63) is 64.1 Å². The number of nitrogens with one attached hydrogen (secondary N) is 2. The maximum absolute atomic E-state index is 12.9. The highest BCUT2D eigenvalue weighted by molar-refractivity contribution is 9.10. The second-order valence-corrected chi connectivity index (χ2v) is 6.48. The van der Waals surface area contributed by atoms with E-state index in [0.29, 0.717) is 5.56 Å². The van der Waals surface area contributed by atoms with Crippen molar-refractivity contribution in [2.75, 3.05) is 5.32 Å². The topological polar surface area (TPSA) is 70.6 Å². The van der Waals surface area contributed by atoms with Gasteiger partial charge in [0.1, 0.15) is 0 Å². The predicted octanol–water partition coefficient (Wildman–Crippen LogP) is 4.60. The number of rotatable bonds is 5. The van der Waals surface area contributed by atoms with Crippen molar-refractivity contribution >= 4 is 39.1 Å². The summed E-state index contributed by atoms with van der Waals surface area (Å²) in [6, 6.07) is 11.2. The molecule has 2 aromatic rings. The van der Waals surface area contributed by atoms with E-state index in [-0.39, 0.29) is 17.8 Å². The third-order valence-corrected chi connectivity index (χ3v) is 3.91. The molecule has 0 spiro atoms. The van der Waals surface area contributed by atoms with Gasteiger partial charge in [-0.2, -0.15) is 18.3 Å². The van der Waals surface area contributed by atoms with Crippen LogP contribution < -0.4 is 10.7 Å². The first kappa shape index (κ1) is 20.6. The monoisotopic (exact) mass is 441 g/mol. The molecular formula is C18H15BrF3N3O2. The van der Waals surface area contributed by atoms with Gasteiger partial charge in [0.15, 0.2) is 0 Å². The summed E-state index contributed by atoms with van der Waals surface area (Å²) in [7, 11) is 0. The van der Waals surface area contributed by atoms with Gasteiger partial charge in [0.25, 0.3) is 5.91 Å². The second-order valence-electron chi connectivity index (χ2n) is 5.56. The third-order valence-electron chi connectivity index (χ3n) is 3.38. The van der Waals surface area contributed by atoms with Gasteiger partial charge < -0.3 is 5.32 Å². The molecule has 2 aromatic carbocycles. The molecular weight excluding hydrogens is 427 g/mol. The standard InChI is InChI=1S/C18H15BrF3N3O2/c1-11(24-25-17(27)12-6-8-13(19)9-7-12)10-16(26)23-15-5-3-2-4-14(15)18(20,21)22/h2-9H,10H2,1H3,(H,23,26)(H,25,27)/b24-11-. The Morgan fingerprint density at radius 3 is 2.33 bits per heavy atom. The number of carbonyl (C=O) groups excluding carboxylic acids is 2. The Hall–Kier alpha value is -2.68. The van der Waals surface area contributed by atoms with Crippen LogP contribution in [-0.4, -0.2) is 17.5 Å². The van der Waals surface area contributed by atoms with Crippen LogP contribution in [-0.2, 0) is 11.0 Å². The Bertz CT molecular complexity index is 865. The Morgan fingerprint density at radius 1 is 1.07 bits per heavy atom. The van der Waals surface area contributed by atoms with Crippen LogP contribution in [0.5, 0.6) is 0 Å². The zero-order valence-electron chi connectivity index (χ0n) is 14.1. The molecule has 5 nitrogen and oxygen atoms in total. The number of hydrogen-bond acceptors (Lipinski definition) is 3. The van der Waals surface area contributed by atoms with E-state index in [1.165, 1.54) is 25.1 Å². The van der Waals surface area contributed by atoms with E-state index < -0.39 is 23.6 Å². The van der Waals surface area contributed by atoms with Crippen molar-refractivity contribution < 1.29 is 22.8 Å². The molecule has 2 N–H and O–H groups in total. The number of benzene rings is 2. The van der Waals surface area contributed by atoms with Gasteiger partial charge in [0, 0.05) is 15.7 Å². The number of carbonyl (C=O) groups is 2. The molecule has 9 heteroatoms. The summed E-state index contributed by atoms with van der Waals surface area (Å²) in [4.78, 5) is 23.9. The molecule has 142 valence electrons. The molecule has 27 heavy (non-hydrogen) atoms. The van der Waals surface area contributed by atoms with Crippen LogP contribution in [0.15, 0.2) is 58.1 Å². The van der Waals surface area contributed by atoms with Crippen LogP contribution in [0.25, 0.3) is 0 Å². The molecule has 0 bridgehead atoms. The lowest BCUT2D eigenvalue weighted by atomic mass is 10.1. The van der Waals surface area contributed by atoms with Gasteiger partial charge in [0.2, 0.25) is 5.91 Å². The van der Waals surface area contributed by atoms with E-state index in [9.17, 15) is 22.8 Å². The first-order valence-electron chi connectivity index (χ1n) is 7.72. The van der Waals surface area contributed by atoms with Crippen LogP contribution >= 0.6 is 15.9 Å². The maximum Gasteiger partial charge on any atom is 0.418 e. The minimum atomic E-state index is -4.58. The summed E-state index contributed by atoms with van der Waals surface area (Å²) in [5, 5.41) is 6.01. The van der Waals surface area contributed by atoms with Gasteiger partial charge in [-0.3, -0.25) is 9.59 Å². The molecule has 0 aliphatic heterocycles. The van der Waals surface area contributed by atoms with Crippen molar-refractivity contribution in [2.24, 2.45) is 5.10 Å². The van der Waals surface area contributed by atoms with E-state index in [1.807, 2.05) is 0 Å². The van der Waals surface area contributed by atoms with E-state index in [4.69, 9.17) is 0 Å². The minimum Gasteiger partial charge on any atom is -0.325 e. The predicted molar refractivity (Wildman–Crippen MR) is 99.4 cm³/mol. The molecule has 0 aliphatic carbocycles. The van der Waals surface area contributed by atoms with E-state index in [1.54, 1.807) is 24.3 Å². The lowest BCUT2D eigenvalue weighted by Crippen LogP contribution is -2.22. The normalized spacial score (nSPS) is 11.8. The van der Waals surface area contributed by atoms with Gasteiger partial charge in [-0.15, -0.1) is 0 Å². The third kappa shape index (κ3) is 6.21. The first-order chi connectivity index (χ1) is 12.7. The zero-order chi connectivity index (χ0) is 20.0. The highest BCUT2D eigenvalue weighted by atomic mass is 79.9. The number of hydrogen-bond donors (Lipinski definition) is 2. The maximum atomic E-state index is 12.9. The summed E-state index contributed by atoms with van der Waals surface area (Å²) >= 11 is 3.25. The molecule has 2 amide bonds. The number of amides is 2. The van der Waals surface area contributed by atoms with Gasteiger partial charge >= 0.3 is 6.18 Å². The highest BCUT2D eigenvalue weighted by Crippen LogP contribution is 2.34. The van der Waals surface area contributed by atoms with Gasteiger partial charge in [-0.1, -0.05) is 28.1 Å². The fourth-order valence-corrected chi connectivity index (χ4v) is 2.38. The quantitative estimate of drug-likeness (QED) is 0.525. The summed E-state index contributed by atoms with van der Waals surface area (Å²) in [5.74, 6) is -1.14. The molecule has 0 aliphatic rings. The lowest BCUT2D eigenvalue weighted by Gasteiger charge is -2.13. The summed E-state index contributed by atoms with van der Waals surface area (Å²) < 4.78 is 39.6. The summed E-state index contributed by atoms with van der Waals surface area (Å²) in [6.07, 6.45) is -4.85. The van der Waals surface area contributed by atoms with Crippen LogP contribution in [0, 0.1) is 0 Å². The summed E-state index contributed by atoms with van der Waals surface area (Å²) in [5.41, 5.74) is 1.64. The first-order valence-corrected chi connectivity index (χ1v) is 8.51. The number of halogens is 4. The second kappa shape index (κ2) is 8.81. The Morgan fingerprint density at radius 2 is 1.70 bits per heavy atom. The fourth-order valence-electron chi connectivity index (χ4n) is 2.12.